The molecule has 1 aliphatic heterocycles. The zero-order chi connectivity index (χ0) is 25.5. The van der Waals surface area contributed by atoms with Gasteiger partial charge in [0.15, 0.2) is 6.61 Å². The molecule has 3 aromatic rings. The third kappa shape index (κ3) is 6.09. The molecule has 0 bridgehead atoms. The summed E-state index contributed by atoms with van der Waals surface area (Å²) >= 11 is 0. The third-order valence-corrected chi connectivity index (χ3v) is 5.82. The van der Waals surface area contributed by atoms with Crippen LogP contribution in [0.2, 0.25) is 0 Å². The molecular formula is C26H26N4O6. The van der Waals surface area contributed by atoms with Crippen LogP contribution in [0.25, 0.3) is 0 Å². The maximum absolute atomic E-state index is 12.9. The molecule has 10 nitrogen and oxygen atoms in total. The van der Waals surface area contributed by atoms with E-state index in [0.717, 1.165) is 5.69 Å². The predicted octanol–water partition coefficient (Wildman–Crippen LogP) is 3.58. The van der Waals surface area contributed by atoms with E-state index in [1.165, 1.54) is 12.1 Å². The molecule has 4 rings (SSSR count). The zero-order valence-corrected chi connectivity index (χ0v) is 19.8. The van der Waals surface area contributed by atoms with Crippen molar-refractivity contribution >= 4 is 28.9 Å². The lowest BCUT2D eigenvalue weighted by Gasteiger charge is -2.36. The molecule has 1 saturated heterocycles. The molecule has 1 N–H and O–H groups in total. The first kappa shape index (κ1) is 24.5. The first-order valence-corrected chi connectivity index (χ1v) is 11.4. The summed E-state index contributed by atoms with van der Waals surface area (Å²) in [6, 6.07) is 20.2. The number of amides is 2. The molecule has 0 saturated carbocycles. The number of ether oxygens (including phenoxy) is 2. The van der Waals surface area contributed by atoms with E-state index in [9.17, 15) is 19.7 Å². The lowest BCUT2D eigenvalue weighted by molar-refractivity contribution is -0.384. The summed E-state index contributed by atoms with van der Waals surface area (Å²) in [7, 11) is 1.56. The number of nitrogens with one attached hydrogen (secondary N) is 1. The van der Waals surface area contributed by atoms with Gasteiger partial charge in [-0.05, 0) is 48.5 Å². The molecule has 2 amide bonds. The van der Waals surface area contributed by atoms with Crippen LogP contribution in [0.5, 0.6) is 11.5 Å². The van der Waals surface area contributed by atoms with Crippen LogP contribution in [0.15, 0.2) is 72.8 Å². The van der Waals surface area contributed by atoms with Gasteiger partial charge in [0.2, 0.25) is 0 Å². The Hall–Kier alpha value is -4.60. The second-order valence-corrected chi connectivity index (χ2v) is 8.15. The first-order chi connectivity index (χ1) is 17.4. The Labute approximate surface area is 208 Å². The number of anilines is 2. The first-order valence-electron chi connectivity index (χ1n) is 11.4. The van der Waals surface area contributed by atoms with Crippen molar-refractivity contribution in [1.29, 1.82) is 0 Å². The number of nitro groups is 1. The highest BCUT2D eigenvalue weighted by Gasteiger charge is 2.22. The fourth-order valence-electron chi connectivity index (χ4n) is 3.88. The van der Waals surface area contributed by atoms with Gasteiger partial charge in [-0.3, -0.25) is 19.7 Å². The van der Waals surface area contributed by atoms with E-state index < -0.39 is 4.92 Å². The van der Waals surface area contributed by atoms with Crippen LogP contribution in [0.1, 0.15) is 10.4 Å². The monoisotopic (exact) mass is 490 g/mol. The number of non-ortho nitro benzene ring substituents is 1. The molecule has 3 aromatic carbocycles. The Kier molecular flexibility index (Phi) is 7.64. The summed E-state index contributed by atoms with van der Waals surface area (Å²) in [6.45, 7) is 2.17. The van der Waals surface area contributed by atoms with Gasteiger partial charge in [0.25, 0.3) is 17.5 Å². The van der Waals surface area contributed by atoms with E-state index in [0.29, 0.717) is 48.9 Å². The number of nitrogens with zero attached hydrogens (tertiary/aromatic N) is 3. The Morgan fingerprint density at radius 2 is 1.64 bits per heavy atom. The van der Waals surface area contributed by atoms with Crippen LogP contribution in [0.3, 0.4) is 0 Å². The van der Waals surface area contributed by atoms with Crippen LogP contribution in [-0.2, 0) is 4.79 Å². The van der Waals surface area contributed by atoms with Crippen LogP contribution in [0.4, 0.5) is 17.1 Å². The van der Waals surface area contributed by atoms with Gasteiger partial charge < -0.3 is 24.6 Å². The molecule has 10 heteroatoms. The van der Waals surface area contributed by atoms with Gasteiger partial charge in [-0.25, -0.2) is 0 Å². The maximum atomic E-state index is 12.9. The van der Waals surface area contributed by atoms with Crippen LogP contribution < -0.4 is 19.7 Å². The minimum atomic E-state index is -0.423. The molecule has 1 aliphatic rings. The largest absolute Gasteiger partial charge is 0.497 e. The SMILES string of the molecule is COc1cccc(NC(=O)COc2ccc(C(=O)N3CCN(c4ccc([N+](=O)[O-])cc4)CC3)cc2)c1. The van der Waals surface area contributed by atoms with E-state index in [1.807, 2.05) is 0 Å². The van der Waals surface area contributed by atoms with Crippen LogP contribution >= 0.6 is 0 Å². The predicted molar refractivity (Wildman–Crippen MR) is 135 cm³/mol. The van der Waals surface area contributed by atoms with Gasteiger partial charge in [0.05, 0.1) is 12.0 Å². The third-order valence-electron chi connectivity index (χ3n) is 5.82. The summed E-state index contributed by atoms with van der Waals surface area (Å²) in [6.07, 6.45) is 0. The van der Waals surface area contributed by atoms with Crippen molar-refractivity contribution in [3.63, 3.8) is 0 Å². The van der Waals surface area contributed by atoms with E-state index in [2.05, 4.69) is 10.2 Å². The molecule has 0 atom stereocenters. The Morgan fingerprint density at radius 3 is 2.28 bits per heavy atom. The Morgan fingerprint density at radius 1 is 0.944 bits per heavy atom. The van der Waals surface area contributed by atoms with Crippen LogP contribution in [0, 0.1) is 10.1 Å². The van der Waals surface area contributed by atoms with Crippen molar-refractivity contribution in [2.24, 2.45) is 0 Å². The van der Waals surface area contributed by atoms with Crippen molar-refractivity contribution < 1.29 is 24.0 Å². The highest BCUT2D eigenvalue weighted by molar-refractivity contribution is 5.94. The second kappa shape index (κ2) is 11.2. The Balaban J connectivity index is 1.25. The van der Waals surface area contributed by atoms with Gasteiger partial charge in [-0.1, -0.05) is 6.07 Å². The smallest absolute Gasteiger partial charge is 0.269 e. The fourth-order valence-corrected chi connectivity index (χ4v) is 3.88. The van der Waals surface area contributed by atoms with E-state index in [1.54, 1.807) is 72.7 Å². The number of rotatable bonds is 8. The second-order valence-electron chi connectivity index (χ2n) is 8.15. The molecule has 0 spiro atoms. The normalized spacial score (nSPS) is 13.1. The standard InChI is InChI=1S/C26H26N4O6/c1-35-24-4-2-3-20(17-24)27-25(31)18-36-23-11-5-19(6-12-23)26(32)29-15-13-28(14-16-29)21-7-9-22(10-8-21)30(33)34/h2-12,17H,13-16,18H2,1H3,(H,27,31). The average Bonchev–Trinajstić information content (AvgIpc) is 2.92. The number of hydrogen-bond donors (Lipinski definition) is 1. The number of methoxy groups -OCH3 is 1. The van der Waals surface area contributed by atoms with Gasteiger partial charge >= 0.3 is 0 Å². The number of benzene rings is 3. The highest BCUT2D eigenvalue weighted by Crippen LogP contribution is 2.22. The van der Waals surface area contributed by atoms with E-state index in [-0.39, 0.29) is 24.1 Å². The summed E-state index contributed by atoms with van der Waals surface area (Å²) < 4.78 is 10.7. The molecule has 1 heterocycles. The maximum Gasteiger partial charge on any atom is 0.269 e. The van der Waals surface area contributed by atoms with Crippen molar-refractivity contribution in [3.8, 4) is 11.5 Å². The van der Waals surface area contributed by atoms with Gasteiger partial charge in [-0.15, -0.1) is 0 Å². The minimum Gasteiger partial charge on any atom is -0.497 e. The summed E-state index contributed by atoms with van der Waals surface area (Å²) in [4.78, 5) is 39.4. The number of hydrogen-bond acceptors (Lipinski definition) is 7. The summed E-state index contributed by atoms with van der Waals surface area (Å²) in [5, 5.41) is 13.6. The summed E-state index contributed by atoms with van der Waals surface area (Å²) in [5.74, 6) is 0.729. The summed E-state index contributed by atoms with van der Waals surface area (Å²) in [5.41, 5.74) is 2.09. The van der Waals surface area contributed by atoms with Crippen molar-refractivity contribution in [1.82, 2.24) is 4.90 Å². The van der Waals surface area contributed by atoms with Crippen LogP contribution in [-0.4, -0.2) is 61.5 Å². The van der Waals surface area contributed by atoms with Crippen molar-refractivity contribution in [2.75, 3.05) is 50.1 Å². The molecule has 36 heavy (non-hydrogen) atoms. The average molecular weight is 491 g/mol. The molecule has 0 unspecified atom stereocenters. The fraction of sp³-hybridized carbons (Fsp3) is 0.231. The van der Waals surface area contributed by atoms with E-state index in [4.69, 9.17) is 9.47 Å². The number of nitro benzene ring substituents is 1. The lowest BCUT2D eigenvalue weighted by atomic mass is 10.1. The molecule has 0 radical (unpaired) electrons. The van der Waals surface area contributed by atoms with Crippen molar-refractivity contribution in [2.45, 2.75) is 0 Å². The van der Waals surface area contributed by atoms with Crippen molar-refractivity contribution in [3.05, 3.63) is 88.5 Å². The van der Waals surface area contributed by atoms with E-state index >= 15 is 0 Å². The number of piperazine rings is 1. The Bertz CT molecular complexity index is 1220. The quantitative estimate of drug-likeness (QED) is 0.379. The van der Waals surface area contributed by atoms with Gasteiger partial charge in [-0.2, -0.15) is 0 Å². The topological polar surface area (TPSA) is 114 Å². The number of carbonyl (C=O) groups is 2. The minimum absolute atomic E-state index is 0.0532. The molecule has 0 aliphatic carbocycles. The van der Waals surface area contributed by atoms with Gasteiger partial charge in [0.1, 0.15) is 11.5 Å². The molecule has 1 fully saturated rings. The zero-order valence-electron chi connectivity index (χ0n) is 19.8. The molecule has 0 aromatic heterocycles. The van der Waals surface area contributed by atoms with Gasteiger partial charge in [0, 0.05) is 61.3 Å². The highest BCUT2D eigenvalue weighted by atomic mass is 16.6. The molecule has 186 valence electrons. The lowest BCUT2D eigenvalue weighted by Crippen LogP contribution is -2.48. The number of carbonyl (C=O) groups excluding carboxylic acids is 2. The molecular weight excluding hydrogens is 464 g/mol.